The molecule has 8 nitrogen and oxygen atoms in total. The Labute approximate surface area is 196 Å². The summed E-state index contributed by atoms with van der Waals surface area (Å²) in [6.45, 7) is 1.13. The number of carbonyl (C=O) groups excluding carboxylic acids is 1. The molecule has 2 aromatic heterocycles. The first-order valence-electron chi connectivity index (χ1n) is 10.4. The summed E-state index contributed by atoms with van der Waals surface area (Å²) < 4.78 is 29.2. The Morgan fingerprint density at radius 2 is 1.81 bits per heavy atom. The summed E-state index contributed by atoms with van der Waals surface area (Å²) in [5, 5.41) is 13.8. The third kappa shape index (κ3) is 5.22. The first kappa shape index (κ1) is 23.0. The number of sulfonamides is 1. The van der Waals surface area contributed by atoms with Crippen molar-refractivity contribution in [1.82, 2.24) is 19.1 Å². The zero-order valence-electron chi connectivity index (χ0n) is 17.7. The molecule has 1 N–H and O–H groups in total. The van der Waals surface area contributed by atoms with Crippen LogP contribution in [-0.4, -0.2) is 52.2 Å². The van der Waals surface area contributed by atoms with Crippen molar-refractivity contribution in [3.8, 4) is 10.7 Å². The number of carbonyl (C=O) groups is 1. The average Bonchev–Trinajstić information content (AvgIpc) is 3.34. The first-order chi connectivity index (χ1) is 15.4. The van der Waals surface area contributed by atoms with Crippen LogP contribution in [0.4, 0.5) is 5.69 Å². The number of nitrogens with one attached hydrogen (secondary N) is 1. The van der Waals surface area contributed by atoms with Gasteiger partial charge in [0.05, 0.1) is 15.5 Å². The molecule has 1 aliphatic rings. The first-order valence-corrected chi connectivity index (χ1v) is 13.7. The number of thiophene rings is 1. The lowest BCUT2D eigenvalue weighted by atomic mass is 10.2. The molecule has 1 saturated heterocycles. The summed E-state index contributed by atoms with van der Waals surface area (Å²) in [5.41, 5.74) is 0.558. The SMILES string of the molecule is Cn1c(SCC(=O)Nc2ccc(S(=O)(=O)N3CCCCCC3)cc2)nnc1-c1cccs1. The second-order valence-corrected chi connectivity index (χ2v) is 11.4. The van der Waals surface area contributed by atoms with Gasteiger partial charge in [-0.2, -0.15) is 4.31 Å². The standard InChI is InChI=1S/C21H25N5O3S3/c1-25-20(18-7-6-14-30-18)23-24-21(25)31-15-19(27)22-16-8-10-17(11-9-16)32(28,29)26-12-4-2-3-5-13-26/h6-11,14H,2-5,12-13,15H2,1H3,(H,22,27). The molecule has 32 heavy (non-hydrogen) atoms. The third-order valence-electron chi connectivity index (χ3n) is 5.25. The van der Waals surface area contributed by atoms with Gasteiger partial charge in [-0.15, -0.1) is 21.5 Å². The molecule has 1 fully saturated rings. The molecule has 0 bridgehead atoms. The molecule has 1 aliphatic heterocycles. The maximum absolute atomic E-state index is 12.9. The van der Waals surface area contributed by atoms with Crippen molar-refractivity contribution in [2.75, 3.05) is 24.2 Å². The molecule has 1 amide bonds. The number of hydrogen-bond acceptors (Lipinski definition) is 7. The second kappa shape index (κ2) is 10.2. The van der Waals surface area contributed by atoms with Gasteiger partial charge < -0.3 is 9.88 Å². The molecule has 11 heteroatoms. The van der Waals surface area contributed by atoms with E-state index in [0.29, 0.717) is 23.9 Å². The lowest BCUT2D eigenvalue weighted by Gasteiger charge is -2.20. The van der Waals surface area contributed by atoms with Gasteiger partial charge in [0.1, 0.15) is 0 Å². The summed E-state index contributed by atoms with van der Waals surface area (Å²) in [6.07, 6.45) is 3.92. The smallest absolute Gasteiger partial charge is 0.243 e. The average molecular weight is 492 g/mol. The molecular weight excluding hydrogens is 466 g/mol. The van der Waals surface area contributed by atoms with Gasteiger partial charge in [0, 0.05) is 25.8 Å². The van der Waals surface area contributed by atoms with Gasteiger partial charge in [-0.25, -0.2) is 8.42 Å². The molecular formula is C21H25N5O3S3. The van der Waals surface area contributed by atoms with Crippen LogP contribution < -0.4 is 5.32 Å². The van der Waals surface area contributed by atoms with Crippen molar-refractivity contribution in [2.24, 2.45) is 7.05 Å². The Morgan fingerprint density at radius 1 is 1.09 bits per heavy atom. The molecule has 1 aromatic carbocycles. The number of hydrogen-bond donors (Lipinski definition) is 1. The number of rotatable bonds is 7. The fraction of sp³-hybridized carbons (Fsp3) is 0.381. The van der Waals surface area contributed by atoms with Crippen LogP contribution in [-0.2, 0) is 21.9 Å². The Hall–Kier alpha value is -2.21. The van der Waals surface area contributed by atoms with Crippen molar-refractivity contribution >= 4 is 44.7 Å². The molecule has 0 saturated carbocycles. The van der Waals surface area contributed by atoms with Gasteiger partial charge >= 0.3 is 0 Å². The van der Waals surface area contributed by atoms with Crippen LogP contribution in [0, 0.1) is 0 Å². The zero-order chi connectivity index (χ0) is 22.6. The van der Waals surface area contributed by atoms with Crippen LogP contribution in [0.2, 0.25) is 0 Å². The van der Waals surface area contributed by atoms with Crippen molar-refractivity contribution < 1.29 is 13.2 Å². The van der Waals surface area contributed by atoms with Crippen molar-refractivity contribution in [1.29, 1.82) is 0 Å². The fourth-order valence-corrected chi connectivity index (χ4v) is 6.50. The van der Waals surface area contributed by atoms with E-state index in [1.807, 2.05) is 29.1 Å². The van der Waals surface area contributed by atoms with Crippen LogP contribution in [0.15, 0.2) is 51.8 Å². The fourth-order valence-electron chi connectivity index (χ4n) is 3.53. The summed E-state index contributed by atoms with van der Waals surface area (Å²) >= 11 is 2.88. The quantitative estimate of drug-likeness (QED) is 0.505. The van der Waals surface area contributed by atoms with E-state index in [0.717, 1.165) is 36.4 Å². The van der Waals surface area contributed by atoms with E-state index in [-0.39, 0.29) is 16.6 Å². The van der Waals surface area contributed by atoms with E-state index in [4.69, 9.17) is 0 Å². The highest BCUT2D eigenvalue weighted by Crippen LogP contribution is 2.26. The molecule has 0 spiro atoms. The number of anilines is 1. The maximum Gasteiger partial charge on any atom is 0.243 e. The molecule has 3 heterocycles. The lowest BCUT2D eigenvalue weighted by Crippen LogP contribution is -2.31. The van der Waals surface area contributed by atoms with Gasteiger partial charge in [-0.3, -0.25) is 4.79 Å². The van der Waals surface area contributed by atoms with Gasteiger partial charge in [0.15, 0.2) is 11.0 Å². The van der Waals surface area contributed by atoms with Crippen LogP contribution in [0.1, 0.15) is 25.7 Å². The highest BCUT2D eigenvalue weighted by Gasteiger charge is 2.25. The number of aromatic nitrogens is 3. The zero-order valence-corrected chi connectivity index (χ0v) is 20.2. The van der Waals surface area contributed by atoms with Crippen LogP contribution in [0.3, 0.4) is 0 Å². The van der Waals surface area contributed by atoms with E-state index in [9.17, 15) is 13.2 Å². The van der Waals surface area contributed by atoms with Crippen LogP contribution in [0.5, 0.6) is 0 Å². The predicted molar refractivity (Wildman–Crippen MR) is 127 cm³/mol. The Morgan fingerprint density at radius 3 is 2.47 bits per heavy atom. The number of amides is 1. The van der Waals surface area contributed by atoms with Crippen molar-refractivity contribution in [3.63, 3.8) is 0 Å². The second-order valence-electron chi connectivity index (χ2n) is 7.52. The van der Waals surface area contributed by atoms with E-state index in [1.54, 1.807) is 39.9 Å². The number of nitrogens with zero attached hydrogens (tertiary/aromatic N) is 4. The Bertz CT molecular complexity index is 1150. The number of thioether (sulfide) groups is 1. The molecule has 0 radical (unpaired) electrons. The summed E-state index contributed by atoms with van der Waals surface area (Å²) in [4.78, 5) is 13.7. The molecule has 4 rings (SSSR count). The summed E-state index contributed by atoms with van der Waals surface area (Å²) in [6, 6.07) is 10.3. The maximum atomic E-state index is 12.9. The minimum Gasteiger partial charge on any atom is -0.325 e. The van der Waals surface area contributed by atoms with E-state index in [1.165, 1.54) is 11.8 Å². The normalized spacial score (nSPS) is 15.4. The van der Waals surface area contributed by atoms with E-state index in [2.05, 4.69) is 15.5 Å². The van der Waals surface area contributed by atoms with Crippen molar-refractivity contribution in [2.45, 2.75) is 35.7 Å². The van der Waals surface area contributed by atoms with Gasteiger partial charge in [0.25, 0.3) is 0 Å². The Balaban J connectivity index is 1.34. The molecule has 0 atom stereocenters. The summed E-state index contributed by atoms with van der Waals surface area (Å²) in [5.74, 6) is 0.743. The highest BCUT2D eigenvalue weighted by molar-refractivity contribution is 7.99. The summed E-state index contributed by atoms with van der Waals surface area (Å²) in [7, 11) is -1.62. The monoisotopic (exact) mass is 491 g/mol. The topological polar surface area (TPSA) is 97.2 Å². The largest absolute Gasteiger partial charge is 0.325 e. The van der Waals surface area contributed by atoms with E-state index < -0.39 is 10.0 Å². The number of benzene rings is 1. The predicted octanol–water partition coefficient (Wildman–Crippen LogP) is 3.84. The lowest BCUT2D eigenvalue weighted by molar-refractivity contribution is -0.113. The van der Waals surface area contributed by atoms with Gasteiger partial charge in [-0.1, -0.05) is 30.7 Å². The molecule has 0 aliphatic carbocycles. The Kier molecular flexibility index (Phi) is 7.29. The molecule has 3 aromatic rings. The van der Waals surface area contributed by atoms with Gasteiger partial charge in [-0.05, 0) is 48.6 Å². The van der Waals surface area contributed by atoms with Gasteiger partial charge in [0.2, 0.25) is 15.9 Å². The minimum absolute atomic E-state index is 0.171. The van der Waals surface area contributed by atoms with Crippen LogP contribution in [0.25, 0.3) is 10.7 Å². The molecule has 170 valence electrons. The van der Waals surface area contributed by atoms with Crippen molar-refractivity contribution in [3.05, 3.63) is 41.8 Å². The highest BCUT2D eigenvalue weighted by atomic mass is 32.2. The van der Waals surface area contributed by atoms with Crippen LogP contribution >= 0.6 is 23.1 Å². The third-order valence-corrected chi connectivity index (χ3v) is 9.05. The van der Waals surface area contributed by atoms with E-state index >= 15 is 0 Å². The molecule has 0 unspecified atom stereocenters. The minimum atomic E-state index is -3.50.